The van der Waals surface area contributed by atoms with E-state index in [-0.39, 0.29) is 11.5 Å². The Morgan fingerprint density at radius 3 is 2.88 bits per heavy atom. The molecular weight excluding hydrogens is 306 g/mol. The molecule has 3 aromatic rings. The lowest BCUT2D eigenvalue weighted by atomic mass is 10.1. The van der Waals surface area contributed by atoms with Gasteiger partial charge in [0.05, 0.1) is 18.6 Å². The van der Waals surface area contributed by atoms with Crippen LogP contribution >= 0.6 is 0 Å². The molecule has 4 rings (SSSR count). The fraction of sp³-hybridized carbons (Fsp3) is 0.278. The van der Waals surface area contributed by atoms with E-state index in [2.05, 4.69) is 4.98 Å². The van der Waals surface area contributed by atoms with Crippen LogP contribution in [0.4, 0.5) is 0 Å². The van der Waals surface area contributed by atoms with Crippen LogP contribution in [0.5, 0.6) is 0 Å². The number of rotatable bonds is 1. The number of aromatic nitrogens is 2. The lowest BCUT2D eigenvalue weighted by Crippen LogP contribution is -2.40. The SMILES string of the molecule is Cc1c(C(=O)N2CCc3c(ncn(C)c3=O)C2)oc2ccccc12. The third kappa shape index (κ3) is 2.14. The summed E-state index contributed by atoms with van der Waals surface area (Å²) in [5.41, 5.74) is 2.89. The van der Waals surface area contributed by atoms with Crippen LogP contribution in [0.1, 0.15) is 27.4 Å². The Morgan fingerprint density at radius 1 is 1.29 bits per heavy atom. The summed E-state index contributed by atoms with van der Waals surface area (Å²) in [6, 6.07) is 7.61. The number of carbonyl (C=O) groups excluding carboxylic acids is 1. The summed E-state index contributed by atoms with van der Waals surface area (Å²) in [6.07, 6.45) is 2.02. The molecule has 0 unspecified atom stereocenters. The molecule has 0 aliphatic carbocycles. The number of hydrogen-bond acceptors (Lipinski definition) is 4. The molecular formula is C18H17N3O3. The topological polar surface area (TPSA) is 68.3 Å². The quantitative estimate of drug-likeness (QED) is 0.687. The Hall–Kier alpha value is -2.89. The van der Waals surface area contributed by atoms with Gasteiger partial charge in [0.2, 0.25) is 0 Å². The van der Waals surface area contributed by atoms with Crippen LogP contribution in [-0.4, -0.2) is 26.9 Å². The summed E-state index contributed by atoms with van der Waals surface area (Å²) >= 11 is 0. The summed E-state index contributed by atoms with van der Waals surface area (Å²) in [5.74, 6) is 0.209. The first-order valence-corrected chi connectivity index (χ1v) is 7.87. The third-order valence-corrected chi connectivity index (χ3v) is 4.61. The van der Waals surface area contributed by atoms with E-state index >= 15 is 0 Å². The number of para-hydroxylation sites is 1. The number of aryl methyl sites for hydroxylation is 2. The van der Waals surface area contributed by atoms with Crippen LogP contribution in [-0.2, 0) is 20.0 Å². The zero-order chi connectivity index (χ0) is 16.8. The molecule has 0 spiro atoms. The van der Waals surface area contributed by atoms with E-state index in [9.17, 15) is 9.59 Å². The van der Waals surface area contributed by atoms with E-state index in [4.69, 9.17) is 4.42 Å². The number of nitrogens with zero attached hydrogens (tertiary/aromatic N) is 3. The van der Waals surface area contributed by atoms with Crippen molar-refractivity contribution < 1.29 is 9.21 Å². The largest absolute Gasteiger partial charge is 0.451 e. The van der Waals surface area contributed by atoms with Crippen molar-refractivity contribution in [1.29, 1.82) is 0 Å². The van der Waals surface area contributed by atoms with Crippen molar-refractivity contribution in [2.45, 2.75) is 19.9 Å². The van der Waals surface area contributed by atoms with E-state index in [0.717, 1.165) is 10.9 Å². The predicted molar refractivity (Wildman–Crippen MR) is 88.9 cm³/mol. The first kappa shape index (κ1) is 14.7. The number of fused-ring (bicyclic) bond motifs is 2. The van der Waals surface area contributed by atoms with Gasteiger partial charge in [0, 0.05) is 30.1 Å². The lowest BCUT2D eigenvalue weighted by molar-refractivity contribution is 0.0700. The van der Waals surface area contributed by atoms with E-state index < -0.39 is 0 Å². The molecule has 0 radical (unpaired) electrons. The van der Waals surface area contributed by atoms with E-state index in [1.54, 1.807) is 11.9 Å². The second-order valence-corrected chi connectivity index (χ2v) is 6.11. The van der Waals surface area contributed by atoms with E-state index in [0.29, 0.717) is 42.1 Å². The van der Waals surface area contributed by atoms with Crippen molar-refractivity contribution >= 4 is 16.9 Å². The van der Waals surface area contributed by atoms with Crippen molar-refractivity contribution in [3.8, 4) is 0 Å². The Bertz CT molecular complexity index is 1020. The van der Waals surface area contributed by atoms with Crippen LogP contribution in [0.3, 0.4) is 0 Å². The number of carbonyl (C=O) groups is 1. The Kier molecular flexibility index (Phi) is 3.26. The molecule has 1 amide bonds. The minimum absolute atomic E-state index is 0.0352. The molecule has 2 aromatic heterocycles. The lowest BCUT2D eigenvalue weighted by Gasteiger charge is -2.27. The molecule has 0 atom stereocenters. The van der Waals surface area contributed by atoms with Crippen LogP contribution in [0.25, 0.3) is 11.0 Å². The number of amides is 1. The molecule has 6 nitrogen and oxygen atoms in total. The van der Waals surface area contributed by atoms with Gasteiger partial charge in [-0.2, -0.15) is 0 Å². The van der Waals surface area contributed by atoms with Gasteiger partial charge in [-0.1, -0.05) is 18.2 Å². The summed E-state index contributed by atoms with van der Waals surface area (Å²) < 4.78 is 7.24. The predicted octanol–water partition coefficient (Wildman–Crippen LogP) is 2.03. The molecule has 0 N–H and O–H groups in total. The Morgan fingerprint density at radius 2 is 2.08 bits per heavy atom. The molecule has 0 bridgehead atoms. The molecule has 1 aliphatic rings. The molecule has 0 saturated carbocycles. The minimum atomic E-state index is -0.156. The van der Waals surface area contributed by atoms with Gasteiger partial charge in [0.15, 0.2) is 5.76 Å². The molecule has 1 aromatic carbocycles. The third-order valence-electron chi connectivity index (χ3n) is 4.61. The second-order valence-electron chi connectivity index (χ2n) is 6.11. The van der Waals surface area contributed by atoms with Crippen molar-refractivity contribution in [2.75, 3.05) is 6.54 Å². The molecule has 122 valence electrons. The maximum Gasteiger partial charge on any atom is 0.290 e. The first-order valence-electron chi connectivity index (χ1n) is 7.87. The van der Waals surface area contributed by atoms with Gasteiger partial charge in [0.1, 0.15) is 5.58 Å². The number of furan rings is 1. The Labute approximate surface area is 138 Å². The van der Waals surface area contributed by atoms with Crippen molar-refractivity contribution in [3.63, 3.8) is 0 Å². The van der Waals surface area contributed by atoms with Crippen LogP contribution in [0, 0.1) is 6.92 Å². The smallest absolute Gasteiger partial charge is 0.290 e. The Balaban J connectivity index is 1.69. The highest BCUT2D eigenvalue weighted by Crippen LogP contribution is 2.27. The average Bonchev–Trinajstić information content (AvgIpc) is 2.94. The molecule has 24 heavy (non-hydrogen) atoms. The highest BCUT2D eigenvalue weighted by Gasteiger charge is 2.28. The average molecular weight is 323 g/mol. The molecule has 0 fully saturated rings. The van der Waals surface area contributed by atoms with Crippen molar-refractivity contribution in [1.82, 2.24) is 14.5 Å². The number of hydrogen-bond donors (Lipinski definition) is 0. The summed E-state index contributed by atoms with van der Waals surface area (Å²) in [6.45, 7) is 2.72. The zero-order valence-electron chi connectivity index (χ0n) is 13.6. The summed E-state index contributed by atoms with van der Waals surface area (Å²) in [4.78, 5) is 31.0. The van der Waals surface area contributed by atoms with Crippen molar-refractivity contribution in [3.05, 3.63) is 63.5 Å². The van der Waals surface area contributed by atoms with Crippen LogP contribution in [0.15, 0.2) is 39.8 Å². The van der Waals surface area contributed by atoms with Crippen molar-refractivity contribution in [2.24, 2.45) is 7.05 Å². The maximum absolute atomic E-state index is 12.9. The van der Waals surface area contributed by atoms with Gasteiger partial charge in [-0.15, -0.1) is 0 Å². The normalized spacial score (nSPS) is 14.0. The van der Waals surface area contributed by atoms with Gasteiger partial charge in [-0.05, 0) is 19.4 Å². The molecule has 0 saturated heterocycles. The fourth-order valence-corrected chi connectivity index (χ4v) is 3.21. The summed E-state index contributed by atoms with van der Waals surface area (Å²) in [5, 5.41) is 0.949. The molecule has 1 aliphatic heterocycles. The highest BCUT2D eigenvalue weighted by atomic mass is 16.3. The van der Waals surface area contributed by atoms with Gasteiger partial charge < -0.3 is 13.9 Å². The van der Waals surface area contributed by atoms with E-state index in [1.165, 1.54) is 10.9 Å². The first-order chi connectivity index (χ1) is 11.6. The van der Waals surface area contributed by atoms with Crippen LogP contribution < -0.4 is 5.56 Å². The highest BCUT2D eigenvalue weighted by molar-refractivity contribution is 5.99. The van der Waals surface area contributed by atoms with Gasteiger partial charge in [-0.3, -0.25) is 9.59 Å². The van der Waals surface area contributed by atoms with Crippen LogP contribution in [0.2, 0.25) is 0 Å². The fourth-order valence-electron chi connectivity index (χ4n) is 3.21. The van der Waals surface area contributed by atoms with Gasteiger partial charge >= 0.3 is 0 Å². The molecule has 3 heterocycles. The van der Waals surface area contributed by atoms with Gasteiger partial charge in [0.25, 0.3) is 11.5 Å². The maximum atomic E-state index is 12.9. The van der Waals surface area contributed by atoms with Gasteiger partial charge in [-0.25, -0.2) is 4.98 Å². The monoisotopic (exact) mass is 323 g/mol. The minimum Gasteiger partial charge on any atom is -0.451 e. The van der Waals surface area contributed by atoms with E-state index in [1.807, 2.05) is 31.2 Å². The second kappa shape index (κ2) is 5.33. The molecule has 6 heteroatoms. The number of benzene rings is 1. The standard InChI is InChI=1S/C18H17N3O3/c1-11-12-5-3-4-6-15(12)24-16(11)18(23)21-8-7-13-14(9-21)19-10-20(2)17(13)22/h3-6,10H,7-9H2,1-2H3. The zero-order valence-corrected chi connectivity index (χ0v) is 13.6. The summed E-state index contributed by atoms with van der Waals surface area (Å²) in [7, 11) is 1.69.